The van der Waals surface area contributed by atoms with Crippen LogP contribution in [-0.4, -0.2) is 16.7 Å². The Labute approximate surface area is 149 Å². The molecule has 0 amide bonds. The molecule has 0 unspecified atom stereocenters. The zero-order valence-electron chi connectivity index (χ0n) is 14.0. The van der Waals surface area contributed by atoms with Gasteiger partial charge < -0.3 is 4.74 Å². The van der Waals surface area contributed by atoms with E-state index >= 15 is 0 Å². The molecule has 1 heterocycles. The van der Waals surface area contributed by atoms with Gasteiger partial charge in [0.05, 0.1) is 35.3 Å². The fourth-order valence-electron chi connectivity index (χ4n) is 3.05. The maximum Gasteiger partial charge on any atom is 0.134 e. The summed E-state index contributed by atoms with van der Waals surface area (Å²) in [5, 5.41) is 9.03. The molecule has 0 aliphatic rings. The lowest BCUT2D eigenvalue weighted by atomic mass is 10.0. The van der Waals surface area contributed by atoms with Gasteiger partial charge in [-0.15, -0.1) is 0 Å². The molecule has 0 aliphatic heterocycles. The van der Waals surface area contributed by atoms with E-state index in [0.29, 0.717) is 22.4 Å². The number of nitrogens with zero attached hydrogens (tertiary/aromatic N) is 3. The monoisotopic (exact) mass is 343 g/mol. The molecule has 3 aromatic carbocycles. The molecule has 0 spiro atoms. The van der Waals surface area contributed by atoms with Crippen LogP contribution in [0.25, 0.3) is 27.8 Å². The maximum atomic E-state index is 14.4. The van der Waals surface area contributed by atoms with Crippen LogP contribution in [0.5, 0.6) is 5.75 Å². The van der Waals surface area contributed by atoms with E-state index in [1.54, 1.807) is 30.6 Å². The lowest BCUT2D eigenvalue weighted by Crippen LogP contribution is -1.95. The average molecular weight is 343 g/mol. The first-order valence-corrected chi connectivity index (χ1v) is 8.02. The van der Waals surface area contributed by atoms with Crippen LogP contribution in [0, 0.1) is 17.1 Å². The van der Waals surface area contributed by atoms with Crippen LogP contribution in [0.1, 0.15) is 5.56 Å². The van der Waals surface area contributed by atoms with Crippen LogP contribution in [0.2, 0.25) is 0 Å². The second kappa shape index (κ2) is 6.34. The van der Waals surface area contributed by atoms with Gasteiger partial charge in [0.15, 0.2) is 0 Å². The van der Waals surface area contributed by atoms with Crippen molar-refractivity contribution in [3.63, 3.8) is 0 Å². The van der Waals surface area contributed by atoms with Crippen molar-refractivity contribution in [3.05, 3.63) is 78.4 Å². The molecule has 5 heteroatoms. The van der Waals surface area contributed by atoms with Gasteiger partial charge in [0.1, 0.15) is 17.9 Å². The van der Waals surface area contributed by atoms with Gasteiger partial charge in [-0.2, -0.15) is 5.26 Å². The Morgan fingerprint density at radius 1 is 1.08 bits per heavy atom. The molecule has 0 bridgehead atoms. The van der Waals surface area contributed by atoms with Crippen molar-refractivity contribution in [2.75, 3.05) is 7.11 Å². The Hall–Kier alpha value is -3.65. The Bertz CT molecular complexity index is 1160. The predicted octanol–water partition coefficient (Wildman–Crippen LogP) is 4.71. The Morgan fingerprint density at radius 3 is 2.73 bits per heavy atom. The first kappa shape index (κ1) is 15.9. The number of methoxy groups -OCH3 is 1. The lowest BCUT2D eigenvalue weighted by Gasteiger charge is -2.12. The van der Waals surface area contributed by atoms with Crippen molar-refractivity contribution in [1.29, 1.82) is 5.26 Å². The summed E-state index contributed by atoms with van der Waals surface area (Å²) in [6, 6.07) is 19.8. The summed E-state index contributed by atoms with van der Waals surface area (Å²) in [5.74, 6) is 0.145. The molecule has 4 rings (SSSR count). The van der Waals surface area contributed by atoms with E-state index in [9.17, 15) is 4.39 Å². The van der Waals surface area contributed by atoms with E-state index in [0.717, 1.165) is 16.7 Å². The lowest BCUT2D eigenvalue weighted by molar-refractivity contribution is 0.413. The van der Waals surface area contributed by atoms with Crippen LogP contribution in [0.3, 0.4) is 0 Å². The number of rotatable bonds is 3. The summed E-state index contributed by atoms with van der Waals surface area (Å²) in [6.45, 7) is 0. The summed E-state index contributed by atoms with van der Waals surface area (Å²) in [4.78, 5) is 4.37. The number of imidazole rings is 1. The Kier molecular flexibility index (Phi) is 3.86. The third-order valence-electron chi connectivity index (χ3n) is 4.28. The summed E-state index contributed by atoms with van der Waals surface area (Å²) in [6.07, 6.45) is 1.70. The molecule has 0 N–H and O–H groups in total. The van der Waals surface area contributed by atoms with E-state index in [1.807, 2.05) is 34.9 Å². The molecule has 0 fully saturated rings. The molecule has 0 saturated carbocycles. The molecule has 0 aliphatic carbocycles. The second-order valence-corrected chi connectivity index (χ2v) is 5.80. The topological polar surface area (TPSA) is 50.8 Å². The summed E-state index contributed by atoms with van der Waals surface area (Å²) >= 11 is 0. The van der Waals surface area contributed by atoms with Gasteiger partial charge in [-0.25, -0.2) is 9.37 Å². The van der Waals surface area contributed by atoms with Gasteiger partial charge in [0.25, 0.3) is 0 Å². The normalized spacial score (nSPS) is 10.7. The van der Waals surface area contributed by atoms with Gasteiger partial charge in [0.2, 0.25) is 0 Å². The summed E-state index contributed by atoms with van der Waals surface area (Å²) in [7, 11) is 1.53. The van der Waals surface area contributed by atoms with Gasteiger partial charge >= 0.3 is 0 Å². The van der Waals surface area contributed by atoms with E-state index in [4.69, 9.17) is 10.00 Å². The zero-order chi connectivity index (χ0) is 18.1. The smallest absolute Gasteiger partial charge is 0.134 e. The second-order valence-electron chi connectivity index (χ2n) is 5.80. The highest BCUT2D eigenvalue weighted by atomic mass is 19.1. The van der Waals surface area contributed by atoms with E-state index in [1.165, 1.54) is 13.2 Å². The van der Waals surface area contributed by atoms with Gasteiger partial charge in [-0.05, 0) is 48.0 Å². The number of nitriles is 1. The highest BCUT2D eigenvalue weighted by Crippen LogP contribution is 2.33. The fraction of sp³-hybridized carbons (Fsp3) is 0.0476. The molecule has 0 atom stereocenters. The molecular weight excluding hydrogens is 329 g/mol. The minimum atomic E-state index is -0.337. The van der Waals surface area contributed by atoms with E-state index in [-0.39, 0.29) is 5.82 Å². The van der Waals surface area contributed by atoms with Crippen molar-refractivity contribution in [2.24, 2.45) is 0 Å². The summed E-state index contributed by atoms with van der Waals surface area (Å²) in [5.41, 5.74) is 4.16. The summed E-state index contributed by atoms with van der Waals surface area (Å²) < 4.78 is 21.6. The van der Waals surface area contributed by atoms with Crippen molar-refractivity contribution in [2.45, 2.75) is 0 Å². The third-order valence-corrected chi connectivity index (χ3v) is 4.28. The van der Waals surface area contributed by atoms with Crippen molar-refractivity contribution < 1.29 is 9.13 Å². The number of benzene rings is 3. The molecular formula is C21H14FN3O. The van der Waals surface area contributed by atoms with Crippen molar-refractivity contribution in [3.8, 4) is 28.6 Å². The molecule has 0 saturated heterocycles. The first-order chi connectivity index (χ1) is 12.7. The maximum absolute atomic E-state index is 14.4. The van der Waals surface area contributed by atoms with Crippen LogP contribution in [0.15, 0.2) is 67.0 Å². The fourth-order valence-corrected chi connectivity index (χ4v) is 3.05. The van der Waals surface area contributed by atoms with Gasteiger partial charge in [-0.1, -0.05) is 18.2 Å². The van der Waals surface area contributed by atoms with Crippen LogP contribution >= 0.6 is 0 Å². The molecule has 4 aromatic rings. The van der Waals surface area contributed by atoms with Crippen molar-refractivity contribution in [1.82, 2.24) is 9.55 Å². The third kappa shape index (κ3) is 2.58. The quantitative estimate of drug-likeness (QED) is 0.541. The number of hydrogen-bond acceptors (Lipinski definition) is 3. The molecule has 1 aromatic heterocycles. The van der Waals surface area contributed by atoms with Crippen molar-refractivity contribution >= 4 is 11.0 Å². The Balaban J connectivity index is 1.87. The number of halogens is 1. The molecule has 26 heavy (non-hydrogen) atoms. The highest BCUT2D eigenvalue weighted by molar-refractivity contribution is 5.80. The number of fused-ring (bicyclic) bond motifs is 1. The molecule has 0 radical (unpaired) electrons. The van der Waals surface area contributed by atoms with Gasteiger partial charge in [-0.3, -0.25) is 4.57 Å². The van der Waals surface area contributed by atoms with Crippen LogP contribution < -0.4 is 4.74 Å². The number of hydrogen-bond donors (Lipinski definition) is 0. The SMILES string of the molecule is COc1cccc(F)c1-c1cccc(-n2cnc3cc(C#N)ccc32)c1. The minimum absolute atomic E-state index is 0.337. The predicted molar refractivity (Wildman–Crippen MR) is 97.7 cm³/mol. The number of ether oxygens (including phenoxy) is 1. The van der Waals surface area contributed by atoms with Crippen LogP contribution in [-0.2, 0) is 0 Å². The Morgan fingerprint density at radius 2 is 1.92 bits per heavy atom. The highest BCUT2D eigenvalue weighted by Gasteiger charge is 2.13. The number of aromatic nitrogens is 2. The average Bonchev–Trinajstić information content (AvgIpc) is 3.10. The largest absolute Gasteiger partial charge is 0.496 e. The standard InChI is InChI=1S/C21H14FN3O/c1-26-20-7-3-6-17(22)21(20)15-4-2-5-16(11-15)25-13-24-18-10-14(12-23)8-9-19(18)25/h2-11,13H,1H3. The molecule has 126 valence electrons. The minimum Gasteiger partial charge on any atom is -0.496 e. The van der Waals surface area contributed by atoms with E-state index in [2.05, 4.69) is 11.1 Å². The van der Waals surface area contributed by atoms with Gasteiger partial charge in [0, 0.05) is 5.69 Å². The van der Waals surface area contributed by atoms with Crippen LogP contribution in [0.4, 0.5) is 4.39 Å². The van der Waals surface area contributed by atoms with E-state index < -0.39 is 0 Å². The zero-order valence-corrected chi connectivity index (χ0v) is 14.0. The first-order valence-electron chi connectivity index (χ1n) is 8.02. The molecule has 4 nitrogen and oxygen atoms in total.